The molecule has 4 nitrogen and oxygen atoms in total. The second-order valence-electron chi connectivity index (χ2n) is 3.78. The summed E-state index contributed by atoms with van der Waals surface area (Å²) in [6, 6.07) is 11.7. The van der Waals surface area contributed by atoms with Gasteiger partial charge in [-0.25, -0.2) is 8.42 Å². The fourth-order valence-electron chi connectivity index (χ4n) is 1.48. The Hall–Kier alpha value is -0.800. The first-order valence-electron chi connectivity index (χ1n) is 5.22. The van der Waals surface area contributed by atoms with Gasteiger partial charge in [0.05, 0.1) is 5.69 Å². The van der Waals surface area contributed by atoms with E-state index in [4.69, 9.17) is 5.73 Å². The summed E-state index contributed by atoms with van der Waals surface area (Å²) in [7, 11) is -3.64. The summed E-state index contributed by atoms with van der Waals surface area (Å²) < 4.78 is 28.4. The van der Waals surface area contributed by atoms with Crippen LogP contribution >= 0.6 is 38.5 Å². The van der Waals surface area contributed by atoms with Crippen LogP contribution in [0.25, 0.3) is 0 Å². The lowest BCUT2D eigenvalue weighted by atomic mass is 10.3. The maximum Gasteiger partial charge on any atom is 0.263 e. The van der Waals surface area contributed by atoms with Crippen molar-refractivity contribution in [3.8, 4) is 0 Å². The number of hydrogen-bond acceptors (Lipinski definition) is 3. The van der Waals surface area contributed by atoms with Crippen LogP contribution in [0.1, 0.15) is 0 Å². The van der Waals surface area contributed by atoms with Gasteiger partial charge in [0.1, 0.15) is 4.90 Å². The molecule has 0 amide bonds. The molecule has 0 atom stereocenters. The molecule has 0 aromatic heterocycles. The van der Waals surface area contributed by atoms with Crippen molar-refractivity contribution < 1.29 is 8.42 Å². The summed E-state index contributed by atoms with van der Waals surface area (Å²) in [4.78, 5) is 0.154. The first-order chi connectivity index (χ1) is 8.90. The minimum Gasteiger partial charge on any atom is -0.399 e. The fourth-order valence-corrected chi connectivity index (χ4v) is 4.36. The Kier molecular flexibility index (Phi) is 4.36. The summed E-state index contributed by atoms with van der Waals surface area (Å²) in [5.41, 5.74) is 6.65. The molecule has 2 aromatic carbocycles. The van der Waals surface area contributed by atoms with Crippen molar-refractivity contribution in [2.75, 3.05) is 10.5 Å². The lowest BCUT2D eigenvalue weighted by Crippen LogP contribution is -2.14. The third-order valence-electron chi connectivity index (χ3n) is 2.36. The number of rotatable bonds is 3. The van der Waals surface area contributed by atoms with E-state index in [2.05, 4.69) is 43.2 Å². The summed E-state index contributed by atoms with van der Waals surface area (Å²) in [6.45, 7) is 0. The fraction of sp³-hybridized carbons (Fsp3) is 0. The molecule has 0 aliphatic heterocycles. The zero-order valence-electron chi connectivity index (χ0n) is 9.60. The Morgan fingerprint density at radius 3 is 2.47 bits per heavy atom. The van der Waals surface area contributed by atoms with Crippen molar-refractivity contribution in [1.29, 1.82) is 0 Å². The molecule has 19 heavy (non-hydrogen) atoms. The van der Waals surface area contributed by atoms with Crippen LogP contribution in [-0.4, -0.2) is 8.42 Å². The molecule has 0 aliphatic carbocycles. The number of nitrogen functional groups attached to an aromatic ring is 1. The molecule has 0 aliphatic rings. The van der Waals surface area contributed by atoms with Crippen molar-refractivity contribution in [2.45, 2.75) is 4.90 Å². The van der Waals surface area contributed by atoms with Crippen LogP contribution in [0.3, 0.4) is 0 Å². The molecule has 0 unspecified atom stereocenters. The molecular weight excluding hydrogens is 443 g/mol. The van der Waals surface area contributed by atoms with Gasteiger partial charge in [-0.05, 0) is 68.9 Å². The highest BCUT2D eigenvalue weighted by Crippen LogP contribution is 2.27. The van der Waals surface area contributed by atoms with Crippen molar-refractivity contribution in [3.63, 3.8) is 0 Å². The van der Waals surface area contributed by atoms with E-state index in [1.54, 1.807) is 24.3 Å². The van der Waals surface area contributed by atoms with E-state index in [-0.39, 0.29) is 4.90 Å². The summed E-state index contributed by atoms with van der Waals surface area (Å²) in [6.07, 6.45) is 0. The Morgan fingerprint density at radius 1 is 1.16 bits per heavy atom. The Bertz CT molecular complexity index is 719. The van der Waals surface area contributed by atoms with E-state index in [9.17, 15) is 8.42 Å². The molecular formula is C12H10BrIN2O2S. The maximum absolute atomic E-state index is 12.3. The number of hydrogen-bond donors (Lipinski definition) is 2. The van der Waals surface area contributed by atoms with Crippen molar-refractivity contribution in [2.24, 2.45) is 0 Å². The van der Waals surface area contributed by atoms with E-state index in [1.807, 2.05) is 12.1 Å². The second-order valence-corrected chi connectivity index (χ2v) is 7.44. The molecule has 0 bridgehead atoms. The Balaban J connectivity index is 2.41. The van der Waals surface area contributed by atoms with Gasteiger partial charge in [0.25, 0.3) is 10.0 Å². The lowest BCUT2D eigenvalue weighted by Gasteiger charge is -2.11. The normalized spacial score (nSPS) is 11.3. The van der Waals surface area contributed by atoms with Crippen LogP contribution in [0.2, 0.25) is 0 Å². The molecule has 2 aromatic rings. The van der Waals surface area contributed by atoms with Gasteiger partial charge >= 0.3 is 0 Å². The van der Waals surface area contributed by atoms with Crippen molar-refractivity contribution in [1.82, 2.24) is 0 Å². The maximum atomic E-state index is 12.3. The third kappa shape index (κ3) is 3.40. The molecule has 0 fully saturated rings. The number of para-hydroxylation sites is 1. The predicted octanol–water partition coefficient (Wildman–Crippen LogP) is 3.44. The minimum atomic E-state index is -3.64. The van der Waals surface area contributed by atoms with Gasteiger partial charge in [0.15, 0.2) is 0 Å². The lowest BCUT2D eigenvalue weighted by molar-refractivity contribution is 0.601. The van der Waals surface area contributed by atoms with Crippen LogP contribution in [-0.2, 0) is 10.0 Å². The largest absolute Gasteiger partial charge is 0.399 e. The van der Waals surface area contributed by atoms with Gasteiger partial charge < -0.3 is 5.73 Å². The van der Waals surface area contributed by atoms with Crippen LogP contribution in [0, 0.1) is 3.57 Å². The molecule has 7 heteroatoms. The van der Waals surface area contributed by atoms with E-state index >= 15 is 0 Å². The monoisotopic (exact) mass is 452 g/mol. The van der Waals surface area contributed by atoms with Gasteiger partial charge in [-0.15, -0.1) is 0 Å². The van der Waals surface area contributed by atoms with Crippen LogP contribution in [0.15, 0.2) is 51.8 Å². The van der Waals surface area contributed by atoms with Crippen LogP contribution in [0.4, 0.5) is 11.4 Å². The second kappa shape index (κ2) is 5.68. The molecule has 0 saturated heterocycles. The van der Waals surface area contributed by atoms with Crippen LogP contribution < -0.4 is 10.5 Å². The molecule has 0 spiro atoms. The molecule has 0 radical (unpaired) electrons. The standard InChI is InChI=1S/C12H10BrIN2O2S/c13-9-7-8(15)5-6-12(9)19(17,18)16-11-4-2-1-3-10(11)14/h1-7,16H,15H2. The summed E-state index contributed by atoms with van der Waals surface area (Å²) >= 11 is 5.29. The smallest absolute Gasteiger partial charge is 0.263 e. The zero-order chi connectivity index (χ0) is 14.0. The first kappa shape index (κ1) is 14.6. The molecule has 0 heterocycles. The number of nitrogens with one attached hydrogen (secondary N) is 1. The Morgan fingerprint density at radius 2 is 1.84 bits per heavy atom. The van der Waals surface area contributed by atoms with Gasteiger partial charge in [-0.1, -0.05) is 12.1 Å². The number of anilines is 2. The zero-order valence-corrected chi connectivity index (χ0v) is 14.2. The number of benzene rings is 2. The van der Waals surface area contributed by atoms with Gasteiger partial charge in [0, 0.05) is 13.7 Å². The highest BCUT2D eigenvalue weighted by atomic mass is 127. The number of sulfonamides is 1. The number of halogens is 2. The van der Waals surface area contributed by atoms with E-state index in [0.29, 0.717) is 15.8 Å². The first-order valence-corrected chi connectivity index (χ1v) is 8.58. The van der Waals surface area contributed by atoms with E-state index in [0.717, 1.165) is 3.57 Å². The quantitative estimate of drug-likeness (QED) is 0.553. The van der Waals surface area contributed by atoms with Crippen molar-refractivity contribution >= 4 is 59.9 Å². The number of nitrogens with two attached hydrogens (primary N) is 1. The predicted molar refractivity (Wildman–Crippen MR) is 88.5 cm³/mol. The Labute approximate surface area is 133 Å². The van der Waals surface area contributed by atoms with Crippen LogP contribution in [0.5, 0.6) is 0 Å². The highest BCUT2D eigenvalue weighted by Gasteiger charge is 2.18. The third-order valence-corrected chi connectivity index (χ3v) is 5.65. The molecule has 2 rings (SSSR count). The van der Waals surface area contributed by atoms with Crippen molar-refractivity contribution in [3.05, 3.63) is 50.5 Å². The average Bonchev–Trinajstić information content (AvgIpc) is 2.31. The molecule has 3 N–H and O–H groups in total. The molecule has 100 valence electrons. The van der Waals surface area contributed by atoms with E-state index < -0.39 is 10.0 Å². The molecule has 0 saturated carbocycles. The van der Waals surface area contributed by atoms with Gasteiger partial charge in [0.2, 0.25) is 0 Å². The summed E-state index contributed by atoms with van der Waals surface area (Å²) in [5.74, 6) is 0. The minimum absolute atomic E-state index is 0.154. The average molecular weight is 453 g/mol. The van der Waals surface area contributed by atoms with Gasteiger partial charge in [-0.2, -0.15) is 0 Å². The SMILES string of the molecule is Nc1ccc(S(=O)(=O)Nc2ccccc2I)c(Br)c1. The van der Waals surface area contributed by atoms with Gasteiger partial charge in [-0.3, -0.25) is 4.72 Å². The summed E-state index contributed by atoms with van der Waals surface area (Å²) in [5, 5.41) is 0. The topological polar surface area (TPSA) is 72.2 Å². The highest BCUT2D eigenvalue weighted by molar-refractivity contribution is 14.1. The van der Waals surface area contributed by atoms with E-state index in [1.165, 1.54) is 6.07 Å².